The molecule has 0 aromatic heterocycles. The van der Waals surface area contributed by atoms with Gasteiger partial charge in [-0.2, -0.15) is 0 Å². The van der Waals surface area contributed by atoms with Gasteiger partial charge in [-0.05, 0) is 38.9 Å². The van der Waals surface area contributed by atoms with E-state index < -0.39 is 0 Å². The average Bonchev–Trinajstić information content (AvgIpc) is 2.88. The van der Waals surface area contributed by atoms with Gasteiger partial charge in [-0.15, -0.1) is 0 Å². The highest BCUT2D eigenvalue weighted by atomic mass is 19.1. The van der Waals surface area contributed by atoms with E-state index in [0.717, 1.165) is 37.3 Å². The third-order valence-corrected chi connectivity index (χ3v) is 4.22. The minimum absolute atomic E-state index is 0.0122. The van der Waals surface area contributed by atoms with Crippen molar-refractivity contribution in [1.82, 2.24) is 5.32 Å². The molecule has 1 fully saturated rings. The Morgan fingerprint density at radius 3 is 2.80 bits per heavy atom. The van der Waals surface area contributed by atoms with E-state index in [4.69, 9.17) is 0 Å². The molecule has 112 valence electrons. The van der Waals surface area contributed by atoms with Gasteiger partial charge in [-0.25, -0.2) is 4.39 Å². The molecule has 0 spiro atoms. The number of nitrogens with zero attached hydrogens (tertiary/aromatic N) is 1. The summed E-state index contributed by atoms with van der Waals surface area (Å²) in [4.78, 5) is 2.20. The van der Waals surface area contributed by atoms with Gasteiger partial charge in [0.05, 0.1) is 6.10 Å². The maximum absolute atomic E-state index is 14.2. The van der Waals surface area contributed by atoms with E-state index in [-0.39, 0.29) is 23.9 Å². The topological polar surface area (TPSA) is 35.5 Å². The second-order valence-corrected chi connectivity index (χ2v) is 5.69. The van der Waals surface area contributed by atoms with Crippen molar-refractivity contribution in [3.05, 3.63) is 29.6 Å². The van der Waals surface area contributed by atoms with Crippen molar-refractivity contribution in [1.29, 1.82) is 0 Å². The standard InChI is InChI=1S/C16H25FN2O/c1-4-18-11(2)16-14(17)6-5-7-15(16)19-9-8-13(10-19)12(3)20/h5-7,11-13,18,20H,4,8-10H2,1-3H3. The summed E-state index contributed by atoms with van der Waals surface area (Å²) in [5, 5.41) is 13.0. The lowest BCUT2D eigenvalue weighted by atomic mass is 10.0. The predicted octanol–water partition coefficient (Wildman–Crippen LogP) is 2.70. The van der Waals surface area contributed by atoms with Crippen molar-refractivity contribution < 1.29 is 9.50 Å². The van der Waals surface area contributed by atoms with Crippen molar-refractivity contribution in [2.24, 2.45) is 5.92 Å². The molecule has 0 saturated carbocycles. The Kier molecular flexibility index (Phi) is 5.00. The summed E-state index contributed by atoms with van der Waals surface area (Å²) in [6.07, 6.45) is 0.659. The van der Waals surface area contributed by atoms with Crippen LogP contribution in [0.25, 0.3) is 0 Å². The summed E-state index contributed by atoms with van der Waals surface area (Å²) in [7, 11) is 0. The molecule has 1 heterocycles. The number of anilines is 1. The third kappa shape index (κ3) is 3.13. The molecule has 20 heavy (non-hydrogen) atoms. The van der Waals surface area contributed by atoms with Gasteiger partial charge in [-0.3, -0.25) is 0 Å². The Hall–Kier alpha value is -1.13. The first-order valence-corrected chi connectivity index (χ1v) is 7.49. The SMILES string of the molecule is CCNC(C)c1c(F)cccc1N1CCC(C(C)O)C1. The summed E-state index contributed by atoms with van der Waals surface area (Å²) < 4.78 is 14.2. The zero-order chi connectivity index (χ0) is 14.7. The van der Waals surface area contributed by atoms with Crippen LogP contribution in [0.1, 0.15) is 38.8 Å². The first-order chi connectivity index (χ1) is 9.54. The fourth-order valence-electron chi connectivity index (χ4n) is 3.04. The molecule has 0 amide bonds. The number of hydrogen-bond donors (Lipinski definition) is 2. The molecule has 0 bridgehead atoms. The van der Waals surface area contributed by atoms with Crippen LogP contribution in [0, 0.1) is 11.7 Å². The fraction of sp³-hybridized carbons (Fsp3) is 0.625. The highest BCUT2D eigenvalue weighted by molar-refractivity contribution is 5.56. The van der Waals surface area contributed by atoms with Crippen LogP contribution in [0.15, 0.2) is 18.2 Å². The molecule has 1 saturated heterocycles. The molecule has 1 aliphatic rings. The number of nitrogens with one attached hydrogen (secondary N) is 1. The number of hydrogen-bond acceptors (Lipinski definition) is 3. The van der Waals surface area contributed by atoms with Gasteiger partial charge in [0, 0.05) is 36.3 Å². The Labute approximate surface area is 120 Å². The quantitative estimate of drug-likeness (QED) is 0.870. The van der Waals surface area contributed by atoms with Crippen LogP contribution in [0.3, 0.4) is 0 Å². The molecule has 3 atom stereocenters. The van der Waals surface area contributed by atoms with E-state index in [1.807, 2.05) is 26.8 Å². The second-order valence-electron chi connectivity index (χ2n) is 5.69. The second kappa shape index (κ2) is 6.55. The molecular weight excluding hydrogens is 255 g/mol. The largest absolute Gasteiger partial charge is 0.393 e. The van der Waals surface area contributed by atoms with Crippen LogP contribution in [0.5, 0.6) is 0 Å². The Morgan fingerprint density at radius 2 is 2.20 bits per heavy atom. The van der Waals surface area contributed by atoms with Crippen molar-refractivity contribution in [2.75, 3.05) is 24.5 Å². The molecule has 0 radical (unpaired) electrons. The molecule has 4 heteroatoms. The monoisotopic (exact) mass is 280 g/mol. The Morgan fingerprint density at radius 1 is 1.45 bits per heavy atom. The summed E-state index contributed by atoms with van der Waals surface area (Å²) in [5.41, 5.74) is 1.70. The lowest BCUT2D eigenvalue weighted by Crippen LogP contribution is -2.27. The first-order valence-electron chi connectivity index (χ1n) is 7.49. The normalized spacial score (nSPS) is 22.1. The van der Waals surface area contributed by atoms with Gasteiger partial charge < -0.3 is 15.3 Å². The van der Waals surface area contributed by atoms with Gasteiger partial charge >= 0.3 is 0 Å². The molecule has 2 rings (SSSR count). The number of aliphatic hydroxyl groups is 1. The molecule has 2 N–H and O–H groups in total. The highest BCUT2D eigenvalue weighted by Crippen LogP contribution is 2.33. The van der Waals surface area contributed by atoms with E-state index in [1.54, 1.807) is 6.07 Å². The lowest BCUT2D eigenvalue weighted by molar-refractivity contribution is 0.136. The molecule has 1 aliphatic heterocycles. The van der Waals surface area contributed by atoms with E-state index in [1.165, 1.54) is 6.07 Å². The molecule has 1 aromatic rings. The maximum Gasteiger partial charge on any atom is 0.130 e. The minimum Gasteiger partial charge on any atom is -0.393 e. The first kappa shape index (κ1) is 15.3. The van der Waals surface area contributed by atoms with E-state index in [0.29, 0.717) is 0 Å². The highest BCUT2D eigenvalue weighted by Gasteiger charge is 2.28. The van der Waals surface area contributed by atoms with Crippen LogP contribution in [0.2, 0.25) is 0 Å². The number of rotatable bonds is 5. The summed E-state index contributed by atoms with van der Waals surface area (Å²) in [6.45, 7) is 8.34. The van der Waals surface area contributed by atoms with Gasteiger partial charge in [-0.1, -0.05) is 13.0 Å². The van der Waals surface area contributed by atoms with Crippen LogP contribution in [-0.2, 0) is 0 Å². The molecule has 3 unspecified atom stereocenters. The maximum atomic E-state index is 14.2. The van der Waals surface area contributed by atoms with Crippen LogP contribution in [-0.4, -0.2) is 30.8 Å². The molecule has 3 nitrogen and oxygen atoms in total. The molecule has 1 aromatic carbocycles. The van der Waals surface area contributed by atoms with Crippen molar-refractivity contribution >= 4 is 5.69 Å². The minimum atomic E-state index is -0.303. The number of halogens is 1. The Bertz CT molecular complexity index is 450. The number of benzene rings is 1. The Balaban J connectivity index is 2.26. The molecular formula is C16H25FN2O. The van der Waals surface area contributed by atoms with Crippen molar-refractivity contribution in [2.45, 2.75) is 39.3 Å². The van der Waals surface area contributed by atoms with Crippen molar-refractivity contribution in [3.63, 3.8) is 0 Å². The summed E-state index contributed by atoms with van der Waals surface area (Å²) in [6, 6.07) is 5.26. The van der Waals surface area contributed by atoms with Gasteiger partial charge in [0.15, 0.2) is 0 Å². The smallest absolute Gasteiger partial charge is 0.130 e. The predicted molar refractivity (Wildman–Crippen MR) is 80.5 cm³/mol. The van der Waals surface area contributed by atoms with E-state index >= 15 is 0 Å². The van der Waals surface area contributed by atoms with E-state index in [2.05, 4.69) is 10.2 Å². The van der Waals surface area contributed by atoms with Crippen molar-refractivity contribution in [3.8, 4) is 0 Å². The van der Waals surface area contributed by atoms with Gasteiger partial charge in [0.25, 0.3) is 0 Å². The van der Waals surface area contributed by atoms with E-state index in [9.17, 15) is 9.50 Å². The van der Waals surface area contributed by atoms with Crippen LogP contribution < -0.4 is 10.2 Å². The summed E-state index contributed by atoms with van der Waals surface area (Å²) in [5.74, 6) is 0.122. The van der Waals surface area contributed by atoms with Gasteiger partial charge in [0.1, 0.15) is 5.82 Å². The fourth-order valence-corrected chi connectivity index (χ4v) is 3.04. The third-order valence-electron chi connectivity index (χ3n) is 4.22. The number of aliphatic hydroxyl groups excluding tert-OH is 1. The molecule has 0 aliphatic carbocycles. The average molecular weight is 280 g/mol. The lowest BCUT2D eigenvalue weighted by Gasteiger charge is -2.26. The van der Waals surface area contributed by atoms with Crippen LogP contribution >= 0.6 is 0 Å². The summed E-state index contributed by atoms with van der Waals surface area (Å²) >= 11 is 0. The zero-order valence-electron chi connectivity index (χ0n) is 12.6. The van der Waals surface area contributed by atoms with Crippen LogP contribution in [0.4, 0.5) is 10.1 Å². The van der Waals surface area contributed by atoms with Gasteiger partial charge in [0.2, 0.25) is 0 Å². The zero-order valence-corrected chi connectivity index (χ0v) is 12.6.